The van der Waals surface area contributed by atoms with E-state index in [-0.39, 0.29) is 35.6 Å². The van der Waals surface area contributed by atoms with Crippen molar-refractivity contribution in [2.45, 2.75) is 12.6 Å². The molecule has 1 fully saturated rings. The molecule has 0 saturated carbocycles. The number of halogens is 5. The first kappa shape index (κ1) is 23.1. The highest BCUT2D eigenvalue weighted by atomic mass is 35.5. The lowest BCUT2D eigenvalue weighted by molar-refractivity contribution is -0.137. The van der Waals surface area contributed by atoms with Crippen LogP contribution in [0.3, 0.4) is 0 Å². The summed E-state index contributed by atoms with van der Waals surface area (Å²) in [6.07, 6.45) is -3.64. The van der Waals surface area contributed by atoms with Crippen molar-refractivity contribution in [3.05, 3.63) is 57.7 Å². The second-order valence-corrected chi connectivity index (χ2v) is 7.70. The van der Waals surface area contributed by atoms with Gasteiger partial charge in [0.05, 0.1) is 21.2 Å². The third-order valence-corrected chi connectivity index (χ3v) is 5.43. The molecule has 31 heavy (non-hydrogen) atoms. The number of nitrogens with zero attached hydrogens (tertiary/aromatic N) is 3. The van der Waals surface area contributed by atoms with E-state index in [1.807, 2.05) is 0 Å². The Hall–Kier alpha value is -2.52. The molecule has 0 spiro atoms. The summed E-state index contributed by atoms with van der Waals surface area (Å²) in [7, 11) is 0. The largest absolute Gasteiger partial charge is 0.417 e. The Morgan fingerprint density at radius 2 is 1.74 bits per heavy atom. The SMILES string of the molecule is O=C(NCCC(=O)N1CCN(c2ncc(C(F)(F)F)cc2Cl)CC1)c1ccccc1Cl. The molecule has 6 nitrogen and oxygen atoms in total. The van der Waals surface area contributed by atoms with E-state index in [1.54, 1.807) is 34.1 Å². The van der Waals surface area contributed by atoms with Crippen molar-refractivity contribution in [2.24, 2.45) is 0 Å². The molecule has 1 aliphatic rings. The van der Waals surface area contributed by atoms with Crippen LogP contribution in [0.25, 0.3) is 0 Å². The summed E-state index contributed by atoms with van der Waals surface area (Å²) in [4.78, 5) is 31.8. The fraction of sp³-hybridized carbons (Fsp3) is 0.350. The second kappa shape index (κ2) is 9.74. The molecular weight excluding hydrogens is 456 g/mol. The molecule has 0 bridgehead atoms. The molecule has 2 amide bonds. The molecule has 11 heteroatoms. The smallest absolute Gasteiger partial charge is 0.352 e. The fourth-order valence-electron chi connectivity index (χ4n) is 3.17. The van der Waals surface area contributed by atoms with Gasteiger partial charge < -0.3 is 15.1 Å². The minimum Gasteiger partial charge on any atom is -0.352 e. The Bertz CT molecular complexity index is 964. The van der Waals surface area contributed by atoms with E-state index in [0.29, 0.717) is 36.8 Å². The van der Waals surface area contributed by atoms with Crippen LogP contribution in [0, 0.1) is 0 Å². The predicted octanol–water partition coefficient (Wildman–Crippen LogP) is 3.88. The van der Waals surface area contributed by atoms with Crippen LogP contribution in [0.15, 0.2) is 36.5 Å². The number of hydrogen-bond donors (Lipinski definition) is 1. The minimum atomic E-state index is -4.51. The number of pyridine rings is 1. The van der Waals surface area contributed by atoms with E-state index >= 15 is 0 Å². The van der Waals surface area contributed by atoms with Gasteiger partial charge in [0.25, 0.3) is 5.91 Å². The van der Waals surface area contributed by atoms with E-state index in [1.165, 1.54) is 0 Å². The van der Waals surface area contributed by atoms with Gasteiger partial charge >= 0.3 is 6.18 Å². The highest BCUT2D eigenvalue weighted by Crippen LogP contribution is 2.33. The summed E-state index contributed by atoms with van der Waals surface area (Å²) in [5.74, 6) is -0.231. The van der Waals surface area contributed by atoms with Crippen molar-refractivity contribution < 1.29 is 22.8 Å². The van der Waals surface area contributed by atoms with Gasteiger partial charge in [-0.05, 0) is 18.2 Å². The molecular formula is C20H19Cl2F3N4O2. The van der Waals surface area contributed by atoms with Crippen molar-refractivity contribution in [3.63, 3.8) is 0 Å². The number of amides is 2. The maximum absolute atomic E-state index is 12.8. The Kier molecular flexibility index (Phi) is 7.27. The number of benzene rings is 1. The first-order valence-electron chi connectivity index (χ1n) is 9.45. The van der Waals surface area contributed by atoms with Gasteiger partial charge in [-0.1, -0.05) is 35.3 Å². The average molecular weight is 475 g/mol. The van der Waals surface area contributed by atoms with Crippen LogP contribution in [0.1, 0.15) is 22.3 Å². The van der Waals surface area contributed by atoms with Crippen molar-refractivity contribution in [1.29, 1.82) is 0 Å². The number of carbonyl (C=O) groups excluding carboxylic acids is 2. The molecule has 1 saturated heterocycles. The summed E-state index contributed by atoms with van der Waals surface area (Å²) >= 11 is 12.0. The van der Waals surface area contributed by atoms with Crippen LogP contribution in [-0.2, 0) is 11.0 Å². The lowest BCUT2D eigenvalue weighted by Crippen LogP contribution is -2.49. The highest BCUT2D eigenvalue weighted by Gasteiger charge is 2.32. The maximum Gasteiger partial charge on any atom is 0.417 e. The van der Waals surface area contributed by atoms with E-state index in [4.69, 9.17) is 23.2 Å². The normalized spacial score (nSPS) is 14.5. The van der Waals surface area contributed by atoms with E-state index in [2.05, 4.69) is 10.3 Å². The van der Waals surface area contributed by atoms with Gasteiger partial charge in [-0.2, -0.15) is 13.2 Å². The van der Waals surface area contributed by atoms with Crippen molar-refractivity contribution >= 4 is 40.8 Å². The summed E-state index contributed by atoms with van der Waals surface area (Å²) in [5.41, 5.74) is -0.569. The molecule has 3 rings (SSSR count). The summed E-state index contributed by atoms with van der Waals surface area (Å²) in [6.45, 7) is 1.67. The lowest BCUT2D eigenvalue weighted by atomic mass is 10.2. The first-order chi connectivity index (χ1) is 14.7. The van der Waals surface area contributed by atoms with Crippen LogP contribution >= 0.6 is 23.2 Å². The monoisotopic (exact) mass is 474 g/mol. The quantitative estimate of drug-likeness (QED) is 0.713. The molecule has 0 radical (unpaired) electrons. The van der Waals surface area contributed by atoms with Crippen LogP contribution in [0.2, 0.25) is 10.0 Å². The number of carbonyl (C=O) groups is 2. The summed E-state index contributed by atoms with van der Waals surface area (Å²) < 4.78 is 38.3. The third kappa shape index (κ3) is 5.80. The number of alkyl halides is 3. The molecule has 1 N–H and O–H groups in total. The fourth-order valence-corrected chi connectivity index (χ4v) is 3.68. The maximum atomic E-state index is 12.8. The molecule has 1 aromatic carbocycles. The van der Waals surface area contributed by atoms with Crippen LogP contribution in [-0.4, -0.2) is 54.4 Å². The topological polar surface area (TPSA) is 65.5 Å². The zero-order chi connectivity index (χ0) is 22.6. The average Bonchev–Trinajstić information content (AvgIpc) is 2.73. The molecule has 1 aromatic heterocycles. The van der Waals surface area contributed by atoms with E-state index in [9.17, 15) is 22.8 Å². The zero-order valence-corrected chi connectivity index (χ0v) is 17.8. The van der Waals surface area contributed by atoms with E-state index in [0.717, 1.165) is 12.3 Å². The van der Waals surface area contributed by atoms with Crippen molar-refractivity contribution in [2.75, 3.05) is 37.6 Å². The number of rotatable bonds is 5. The highest BCUT2D eigenvalue weighted by molar-refractivity contribution is 6.34. The number of hydrogen-bond acceptors (Lipinski definition) is 4. The molecule has 2 heterocycles. The Labute approximate surface area is 186 Å². The minimum absolute atomic E-state index is 0.0862. The number of anilines is 1. The first-order valence-corrected chi connectivity index (χ1v) is 10.2. The lowest BCUT2D eigenvalue weighted by Gasteiger charge is -2.36. The molecule has 0 aliphatic carbocycles. The number of nitrogens with one attached hydrogen (secondary N) is 1. The summed E-state index contributed by atoms with van der Waals surface area (Å²) in [6, 6.07) is 7.47. The van der Waals surface area contributed by atoms with Gasteiger partial charge in [0.1, 0.15) is 5.82 Å². The van der Waals surface area contributed by atoms with Gasteiger partial charge in [0, 0.05) is 45.3 Å². The van der Waals surface area contributed by atoms with Gasteiger partial charge in [0.2, 0.25) is 5.91 Å². The predicted molar refractivity (Wildman–Crippen MR) is 111 cm³/mol. The van der Waals surface area contributed by atoms with Crippen LogP contribution < -0.4 is 10.2 Å². The van der Waals surface area contributed by atoms with Crippen LogP contribution in [0.4, 0.5) is 19.0 Å². The van der Waals surface area contributed by atoms with Crippen molar-refractivity contribution in [1.82, 2.24) is 15.2 Å². The third-order valence-electron chi connectivity index (χ3n) is 4.82. The standard InChI is InChI=1S/C20H19Cl2F3N4O2/c21-15-4-2-1-3-14(15)19(31)26-6-5-17(30)28-7-9-29(10-8-28)18-16(22)11-13(12-27-18)20(23,24)25/h1-4,11-12H,5-10H2,(H,26,31). The summed E-state index contributed by atoms with van der Waals surface area (Å²) in [5, 5.41) is 2.91. The Balaban J connectivity index is 1.48. The molecule has 0 unspecified atom stereocenters. The van der Waals surface area contributed by atoms with Gasteiger partial charge in [0.15, 0.2) is 0 Å². The molecule has 166 valence electrons. The Morgan fingerprint density at radius 1 is 1.06 bits per heavy atom. The molecule has 0 atom stereocenters. The Morgan fingerprint density at radius 3 is 2.35 bits per heavy atom. The zero-order valence-electron chi connectivity index (χ0n) is 16.3. The molecule has 2 aromatic rings. The van der Waals surface area contributed by atoms with Gasteiger partial charge in [-0.25, -0.2) is 4.98 Å². The number of aromatic nitrogens is 1. The van der Waals surface area contributed by atoms with E-state index < -0.39 is 11.7 Å². The van der Waals surface area contributed by atoms with Crippen molar-refractivity contribution in [3.8, 4) is 0 Å². The molecule has 1 aliphatic heterocycles. The van der Waals surface area contributed by atoms with Crippen LogP contribution in [0.5, 0.6) is 0 Å². The van der Waals surface area contributed by atoms with Gasteiger partial charge in [-0.3, -0.25) is 9.59 Å². The number of piperazine rings is 1. The van der Waals surface area contributed by atoms with Gasteiger partial charge in [-0.15, -0.1) is 0 Å². The second-order valence-electron chi connectivity index (χ2n) is 6.88.